The highest BCUT2D eigenvalue weighted by atomic mass is 32.2. The molecule has 0 saturated carbocycles. The summed E-state index contributed by atoms with van der Waals surface area (Å²) in [5.74, 6) is -0.288. The van der Waals surface area contributed by atoms with E-state index >= 15 is 0 Å². The van der Waals surface area contributed by atoms with Gasteiger partial charge in [0.15, 0.2) is 0 Å². The molecule has 8 heteroatoms. The molecule has 1 saturated heterocycles. The number of aromatic nitrogens is 1. The van der Waals surface area contributed by atoms with Crippen molar-refractivity contribution in [2.75, 3.05) is 18.4 Å². The lowest BCUT2D eigenvalue weighted by Crippen LogP contribution is -2.35. The number of anilines is 1. The summed E-state index contributed by atoms with van der Waals surface area (Å²) in [6.45, 7) is 3.06. The molecule has 0 atom stereocenters. The quantitative estimate of drug-likeness (QED) is 0.630. The molecule has 2 heterocycles. The first-order valence-electron chi connectivity index (χ1n) is 9.88. The van der Waals surface area contributed by atoms with E-state index in [2.05, 4.69) is 10.3 Å². The molecule has 2 aromatic carbocycles. The Morgan fingerprint density at radius 2 is 1.80 bits per heavy atom. The van der Waals surface area contributed by atoms with Gasteiger partial charge < -0.3 is 5.32 Å². The molecule has 0 bridgehead atoms. The van der Waals surface area contributed by atoms with E-state index < -0.39 is 10.0 Å². The predicted octanol–water partition coefficient (Wildman–Crippen LogP) is 4.55. The Kier molecular flexibility index (Phi) is 5.99. The lowest BCUT2D eigenvalue weighted by molar-refractivity contribution is 0.102. The van der Waals surface area contributed by atoms with Crippen molar-refractivity contribution in [2.45, 2.75) is 31.1 Å². The van der Waals surface area contributed by atoms with E-state index in [1.54, 1.807) is 23.5 Å². The molecule has 0 radical (unpaired) electrons. The van der Waals surface area contributed by atoms with Crippen LogP contribution in [-0.2, 0) is 10.0 Å². The number of piperidine rings is 1. The van der Waals surface area contributed by atoms with Gasteiger partial charge in [-0.25, -0.2) is 13.4 Å². The van der Waals surface area contributed by atoms with Crippen LogP contribution in [0.3, 0.4) is 0 Å². The van der Waals surface area contributed by atoms with Crippen molar-refractivity contribution in [2.24, 2.45) is 0 Å². The number of benzene rings is 2. The second-order valence-corrected chi connectivity index (χ2v) is 10.3. The zero-order valence-corrected chi connectivity index (χ0v) is 18.3. The van der Waals surface area contributed by atoms with Gasteiger partial charge in [-0.3, -0.25) is 4.79 Å². The number of hydrogen-bond donors (Lipinski definition) is 1. The van der Waals surface area contributed by atoms with E-state index in [1.807, 2.05) is 36.6 Å². The standard InChI is InChI=1S/C22H23N3O3S2/c1-16-23-21(15-29-16)18-6-5-7-19(14-18)24-22(26)17-8-10-20(11-9-17)30(27,28)25-12-3-2-4-13-25/h5-11,14-15H,2-4,12-13H2,1H3,(H,24,26). The average Bonchev–Trinajstić information content (AvgIpc) is 3.21. The van der Waals surface area contributed by atoms with E-state index in [9.17, 15) is 13.2 Å². The van der Waals surface area contributed by atoms with Gasteiger partial charge in [0, 0.05) is 35.3 Å². The maximum absolute atomic E-state index is 12.8. The highest BCUT2D eigenvalue weighted by molar-refractivity contribution is 7.89. The van der Waals surface area contributed by atoms with Crippen LogP contribution in [0, 0.1) is 6.92 Å². The molecule has 1 amide bonds. The zero-order valence-electron chi connectivity index (χ0n) is 16.7. The topological polar surface area (TPSA) is 79.4 Å². The summed E-state index contributed by atoms with van der Waals surface area (Å²) in [4.78, 5) is 17.3. The normalized spacial score (nSPS) is 15.1. The SMILES string of the molecule is Cc1nc(-c2cccc(NC(=O)c3ccc(S(=O)(=O)N4CCCCC4)cc3)c2)cs1. The molecule has 1 N–H and O–H groups in total. The summed E-state index contributed by atoms with van der Waals surface area (Å²) in [7, 11) is -3.50. The molecule has 0 spiro atoms. The van der Waals surface area contributed by atoms with Crippen LogP contribution in [0.1, 0.15) is 34.6 Å². The zero-order chi connectivity index (χ0) is 21.1. The average molecular weight is 442 g/mol. The number of nitrogens with zero attached hydrogens (tertiary/aromatic N) is 2. The van der Waals surface area contributed by atoms with Gasteiger partial charge in [-0.2, -0.15) is 4.31 Å². The van der Waals surface area contributed by atoms with E-state index in [1.165, 1.54) is 16.4 Å². The Labute approximate surface area is 180 Å². The lowest BCUT2D eigenvalue weighted by Gasteiger charge is -2.25. The summed E-state index contributed by atoms with van der Waals surface area (Å²) in [5.41, 5.74) is 2.87. The molecule has 4 rings (SSSR count). The summed E-state index contributed by atoms with van der Waals surface area (Å²) in [5, 5.41) is 5.84. The first-order chi connectivity index (χ1) is 14.4. The Hall–Kier alpha value is -2.55. The Morgan fingerprint density at radius 3 is 2.47 bits per heavy atom. The van der Waals surface area contributed by atoms with Crippen LogP contribution in [0.25, 0.3) is 11.3 Å². The molecule has 1 fully saturated rings. The maximum atomic E-state index is 12.8. The minimum absolute atomic E-state index is 0.224. The predicted molar refractivity (Wildman–Crippen MR) is 119 cm³/mol. The van der Waals surface area contributed by atoms with Gasteiger partial charge in [0.1, 0.15) is 0 Å². The molecule has 0 unspecified atom stereocenters. The molecule has 1 aromatic heterocycles. The van der Waals surface area contributed by atoms with Crippen LogP contribution in [-0.4, -0.2) is 36.7 Å². The van der Waals surface area contributed by atoms with Crippen LogP contribution < -0.4 is 5.32 Å². The van der Waals surface area contributed by atoms with Crippen LogP contribution in [0.15, 0.2) is 58.8 Å². The van der Waals surface area contributed by atoms with E-state index in [0.29, 0.717) is 24.3 Å². The number of nitrogens with one attached hydrogen (secondary N) is 1. The van der Waals surface area contributed by atoms with Crippen molar-refractivity contribution >= 4 is 33.0 Å². The molecule has 0 aliphatic carbocycles. The number of thiazole rings is 1. The molecule has 30 heavy (non-hydrogen) atoms. The fourth-order valence-electron chi connectivity index (χ4n) is 3.49. The number of sulfonamides is 1. The lowest BCUT2D eigenvalue weighted by atomic mass is 10.1. The number of hydrogen-bond acceptors (Lipinski definition) is 5. The summed E-state index contributed by atoms with van der Waals surface area (Å²) < 4.78 is 27.0. The molecule has 3 aromatic rings. The van der Waals surface area contributed by atoms with Gasteiger partial charge in [0.25, 0.3) is 5.91 Å². The highest BCUT2D eigenvalue weighted by Gasteiger charge is 2.25. The Morgan fingerprint density at radius 1 is 1.07 bits per heavy atom. The highest BCUT2D eigenvalue weighted by Crippen LogP contribution is 2.25. The second kappa shape index (κ2) is 8.67. The van der Waals surface area contributed by atoms with Gasteiger partial charge in [-0.15, -0.1) is 11.3 Å². The number of carbonyl (C=O) groups excluding carboxylic acids is 1. The second-order valence-electron chi connectivity index (χ2n) is 7.28. The van der Waals surface area contributed by atoms with Gasteiger partial charge in [0.05, 0.1) is 15.6 Å². The first-order valence-corrected chi connectivity index (χ1v) is 12.2. The monoisotopic (exact) mass is 441 g/mol. The number of aryl methyl sites for hydroxylation is 1. The van der Waals surface area contributed by atoms with Crippen LogP contribution in [0.4, 0.5) is 5.69 Å². The molecule has 1 aliphatic heterocycles. The molecule has 1 aliphatic rings. The smallest absolute Gasteiger partial charge is 0.255 e. The van der Waals surface area contributed by atoms with Crippen molar-refractivity contribution in [3.05, 3.63) is 64.5 Å². The third kappa shape index (κ3) is 4.45. The fraction of sp³-hybridized carbons (Fsp3) is 0.273. The van der Waals surface area contributed by atoms with E-state index in [0.717, 1.165) is 35.5 Å². The van der Waals surface area contributed by atoms with E-state index in [4.69, 9.17) is 0 Å². The third-order valence-corrected chi connectivity index (χ3v) is 7.79. The minimum Gasteiger partial charge on any atom is -0.322 e. The van der Waals surface area contributed by atoms with Crippen LogP contribution >= 0.6 is 11.3 Å². The van der Waals surface area contributed by atoms with Crippen molar-refractivity contribution in [3.63, 3.8) is 0 Å². The Balaban J connectivity index is 1.48. The van der Waals surface area contributed by atoms with Crippen LogP contribution in [0.5, 0.6) is 0 Å². The number of carbonyl (C=O) groups is 1. The maximum Gasteiger partial charge on any atom is 0.255 e. The third-order valence-electron chi connectivity index (χ3n) is 5.10. The van der Waals surface area contributed by atoms with Crippen molar-refractivity contribution in [1.29, 1.82) is 0 Å². The van der Waals surface area contributed by atoms with Crippen molar-refractivity contribution < 1.29 is 13.2 Å². The summed E-state index contributed by atoms with van der Waals surface area (Å²) >= 11 is 1.58. The largest absolute Gasteiger partial charge is 0.322 e. The van der Waals surface area contributed by atoms with Gasteiger partial charge in [-0.05, 0) is 56.2 Å². The van der Waals surface area contributed by atoms with E-state index in [-0.39, 0.29) is 10.8 Å². The molecule has 156 valence electrons. The minimum atomic E-state index is -3.50. The summed E-state index contributed by atoms with van der Waals surface area (Å²) in [6.07, 6.45) is 2.84. The summed E-state index contributed by atoms with van der Waals surface area (Å²) in [6, 6.07) is 13.6. The molecule has 6 nitrogen and oxygen atoms in total. The number of rotatable bonds is 5. The van der Waals surface area contributed by atoms with Gasteiger partial charge in [0.2, 0.25) is 10.0 Å². The van der Waals surface area contributed by atoms with Crippen molar-refractivity contribution in [3.8, 4) is 11.3 Å². The van der Waals surface area contributed by atoms with Crippen molar-refractivity contribution in [1.82, 2.24) is 9.29 Å². The number of amides is 1. The fourth-order valence-corrected chi connectivity index (χ4v) is 5.63. The van der Waals surface area contributed by atoms with Gasteiger partial charge >= 0.3 is 0 Å². The van der Waals surface area contributed by atoms with Gasteiger partial charge in [-0.1, -0.05) is 18.6 Å². The molecular weight excluding hydrogens is 418 g/mol. The van der Waals surface area contributed by atoms with Crippen LogP contribution in [0.2, 0.25) is 0 Å². The molecular formula is C22H23N3O3S2. The first kappa shape index (κ1) is 20.7. The Bertz CT molecular complexity index is 1150.